The first kappa shape index (κ1) is 15.0. The fraction of sp³-hybridized carbons (Fsp3) is 0.105. The summed E-state index contributed by atoms with van der Waals surface area (Å²) in [7, 11) is 1.99. The smallest absolute Gasteiger partial charge is 0.231 e. The van der Waals surface area contributed by atoms with Crippen molar-refractivity contribution in [1.82, 2.24) is 4.57 Å². The minimum absolute atomic E-state index is 0.0692. The van der Waals surface area contributed by atoms with Gasteiger partial charge in [-0.2, -0.15) is 0 Å². The Kier molecular flexibility index (Phi) is 3.65. The van der Waals surface area contributed by atoms with Crippen molar-refractivity contribution in [2.45, 2.75) is 0 Å². The Morgan fingerprint density at radius 1 is 1.17 bits per heavy atom. The highest BCUT2D eigenvalue weighted by Gasteiger charge is 2.15. The quantitative estimate of drug-likeness (QED) is 0.491. The van der Waals surface area contributed by atoms with E-state index in [0.717, 1.165) is 20.9 Å². The van der Waals surface area contributed by atoms with Gasteiger partial charge >= 0.3 is 0 Å². The Balaban J connectivity index is 1.65. The van der Waals surface area contributed by atoms with E-state index in [9.17, 15) is 4.79 Å². The van der Waals surface area contributed by atoms with Gasteiger partial charge in [0, 0.05) is 39.7 Å². The number of ketones is 1. The Bertz CT molecular complexity index is 988. The Hall–Kier alpha value is -2.53. The van der Waals surface area contributed by atoms with Gasteiger partial charge in [0.05, 0.1) is 0 Å². The summed E-state index contributed by atoms with van der Waals surface area (Å²) in [5.74, 6) is 1.22. The third-order valence-electron chi connectivity index (χ3n) is 4.05. The van der Waals surface area contributed by atoms with Crippen molar-refractivity contribution in [1.29, 1.82) is 0 Å². The van der Waals surface area contributed by atoms with Crippen LogP contribution in [0.1, 0.15) is 15.9 Å². The molecule has 4 nitrogen and oxygen atoms in total. The highest BCUT2D eigenvalue weighted by molar-refractivity contribution is 9.10. The average Bonchev–Trinajstić information content (AvgIpc) is 3.16. The molecule has 0 aliphatic carbocycles. The maximum absolute atomic E-state index is 12.4. The number of carbonyl (C=O) groups excluding carboxylic acids is 1. The van der Waals surface area contributed by atoms with Crippen molar-refractivity contribution in [2.75, 3.05) is 6.79 Å². The molecule has 2 aromatic carbocycles. The van der Waals surface area contributed by atoms with E-state index in [1.807, 2.05) is 30.0 Å². The summed E-state index contributed by atoms with van der Waals surface area (Å²) in [5.41, 5.74) is 2.70. The number of aromatic nitrogens is 1. The van der Waals surface area contributed by atoms with Crippen LogP contribution in [-0.2, 0) is 7.05 Å². The molecule has 0 atom stereocenters. The van der Waals surface area contributed by atoms with Crippen LogP contribution in [0.2, 0.25) is 0 Å². The standard InChI is InChI=1S/C19H14BrNO3/c1-21-10-13(15-9-14(20)4-5-16(15)21)2-6-17(22)12-3-7-18-19(8-12)24-11-23-18/h2-10H,11H2,1H3/b6-2+. The third kappa shape index (κ3) is 2.61. The fourth-order valence-corrected chi connectivity index (χ4v) is 3.20. The molecule has 3 aromatic rings. The number of hydrogen-bond acceptors (Lipinski definition) is 3. The molecule has 1 aliphatic heterocycles. The summed E-state index contributed by atoms with van der Waals surface area (Å²) in [5, 5.41) is 1.10. The second-order valence-electron chi connectivity index (χ2n) is 5.62. The first-order valence-electron chi connectivity index (χ1n) is 7.48. The number of fused-ring (bicyclic) bond motifs is 2. The molecule has 5 heteroatoms. The van der Waals surface area contributed by atoms with Crippen LogP contribution in [-0.4, -0.2) is 17.1 Å². The van der Waals surface area contributed by atoms with Crippen molar-refractivity contribution in [3.8, 4) is 11.5 Å². The number of aryl methyl sites for hydroxylation is 1. The van der Waals surface area contributed by atoms with Gasteiger partial charge in [0.15, 0.2) is 17.3 Å². The van der Waals surface area contributed by atoms with Crippen molar-refractivity contribution < 1.29 is 14.3 Å². The molecule has 0 N–H and O–H groups in total. The van der Waals surface area contributed by atoms with Crippen LogP contribution in [0.3, 0.4) is 0 Å². The number of hydrogen-bond donors (Lipinski definition) is 0. The SMILES string of the molecule is Cn1cc(/C=C/C(=O)c2ccc3c(c2)OCO3)c2cc(Br)ccc21. The minimum Gasteiger partial charge on any atom is -0.454 e. The van der Waals surface area contributed by atoms with E-state index in [4.69, 9.17) is 9.47 Å². The van der Waals surface area contributed by atoms with Crippen molar-refractivity contribution in [3.05, 3.63) is 64.3 Å². The van der Waals surface area contributed by atoms with Crippen LogP contribution >= 0.6 is 15.9 Å². The molecule has 0 saturated carbocycles. The van der Waals surface area contributed by atoms with Crippen LogP contribution in [0, 0.1) is 0 Å². The van der Waals surface area contributed by atoms with E-state index < -0.39 is 0 Å². The Morgan fingerprint density at radius 3 is 2.88 bits per heavy atom. The zero-order valence-electron chi connectivity index (χ0n) is 13.0. The number of rotatable bonds is 3. The number of allylic oxidation sites excluding steroid dienone is 1. The molecule has 4 rings (SSSR count). The zero-order chi connectivity index (χ0) is 16.7. The highest BCUT2D eigenvalue weighted by Crippen LogP contribution is 2.33. The van der Waals surface area contributed by atoms with E-state index in [0.29, 0.717) is 17.1 Å². The van der Waals surface area contributed by atoms with Crippen LogP contribution in [0.15, 0.2) is 53.1 Å². The molecule has 0 unspecified atom stereocenters. The van der Waals surface area contributed by atoms with Gasteiger partial charge in [0.2, 0.25) is 6.79 Å². The molecular formula is C19H14BrNO3. The lowest BCUT2D eigenvalue weighted by Gasteiger charge is -1.99. The van der Waals surface area contributed by atoms with Crippen molar-refractivity contribution >= 4 is 38.7 Å². The molecule has 0 radical (unpaired) electrons. The predicted octanol–water partition coefficient (Wildman–Crippen LogP) is 4.57. The first-order valence-corrected chi connectivity index (χ1v) is 8.28. The lowest BCUT2D eigenvalue weighted by molar-refractivity contribution is 0.104. The summed E-state index contributed by atoms with van der Waals surface area (Å²) in [6.07, 6.45) is 5.45. The molecule has 0 saturated heterocycles. The first-order chi connectivity index (χ1) is 11.6. The molecule has 1 aromatic heterocycles. The third-order valence-corrected chi connectivity index (χ3v) is 4.55. The van der Waals surface area contributed by atoms with Crippen LogP contribution < -0.4 is 9.47 Å². The van der Waals surface area contributed by atoms with Crippen LogP contribution in [0.25, 0.3) is 17.0 Å². The molecule has 0 fully saturated rings. The normalized spacial score (nSPS) is 13.1. The van der Waals surface area contributed by atoms with Gasteiger partial charge in [-0.05, 0) is 48.6 Å². The summed E-state index contributed by atoms with van der Waals surface area (Å²) in [4.78, 5) is 12.4. The molecule has 0 amide bonds. The maximum atomic E-state index is 12.4. The van der Waals surface area contributed by atoms with Crippen LogP contribution in [0.4, 0.5) is 0 Å². The number of nitrogens with zero attached hydrogens (tertiary/aromatic N) is 1. The van der Waals surface area contributed by atoms with Gasteiger partial charge in [0.1, 0.15) is 0 Å². The van der Waals surface area contributed by atoms with Gasteiger partial charge in [-0.3, -0.25) is 4.79 Å². The molecule has 0 spiro atoms. The van der Waals surface area contributed by atoms with Crippen molar-refractivity contribution in [3.63, 3.8) is 0 Å². The fourth-order valence-electron chi connectivity index (χ4n) is 2.84. The van der Waals surface area contributed by atoms with E-state index >= 15 is 0 Å². The Morgan fingerprint density at radius 2 is 2.00 bits per heavy atom. The van der Waals surface area contributed by atoms with Gasteiger partial charge in [-0.1, -0.05) is 15.9 Å². The summed E-state index contributed by atoms with van der Waals surface area (Å²) in [6, 6.07) is 11.3. The average molecular weight is 384 g/mol. The molecule has 2 heterocycles. The van der Waals surface area contributed by atoms with Gasteiger partial charge < -0.3 is 14.0 Å². The molecule has 0 bridgehead atoms. The highest BCUT2D eigenvalue weighted by atomic mass is 79.9. The Labute approximate surface area is 147 Å². The maximum Gasteiger partial charge on any atom is 0.231 e. The summed E-state index contributed by atoms with van der Waals surface area (Å²) in [6.45, 7) is 0.202. The largest absolute Gasteiger partial charge is 0.454 e. The molecule has 1 aliphatic rings. The van der Waals surface area contributed by atoms with Gasteiger partial charge in [0.25, 0.3) is 0 Å². The predicted molar refractivity (Wildman–Crippen MR) is 96.5 cm³/mol. The number of halogens is 1. The second-order valence-corrected chi connectivity index (χ2v) is 6.54. The molecule has 24 heavy (non-hydrogen) atoms. The number of benzene rings is 2. The van der Waals surface area contributed by atoms with E-state index in [2.05, 4.69) is 28.1 Å². The zero-order valence-corrected chi connectivity index (χ0v) is 14.5. The van der Waals surface area contributed by atoms with E-state index in [1.165, 1.54) is 0 Å². The summed E-state index contributed by atoms with van der Waals surface area (Å²) < 4.78 is 13.6. The van der Waals surface area contributed by atoms with E-state index in [-0.39, 0.29) is 12.6 Å². The molecule has 120 valence electrons. The monoisotopic (exact) mass is 383 g/mol. The molecular weight excluding hydrogens is 370 g/mol. The second kappa shape index (κ2) is 5.83. The summed E-state index contributed by atoms with van der Waals surface area (Å²) >= 11 is 3.50. The minimum atomic E-state index is -0.0692. The van der Waals surface area contributed by atoms with Gasteiger partial charge in [-0.25, -0.2) is 0 Å². The van der Waals surface area contributed by atoms with E-state index in [1.54, 1.807) is 24.3 Å². The topological polar surface area (TPSA) is 40.5 Å². The van der Waals surface area contributed by atoms with Crippen molar-refractivity contribution in [2.24, 2.45) is 7.05 Å². The van der Waals surface area contributed by atoms with Crippen LogP contribution in [0.5, 0.6) is 11.5 Å². The number of ether oxygens (including phenoxy) is 2. The lowest BCUT2D eigenvalue weighted by Crippen LogP contribution is -1.94. The lowest BCUT2D eigenvalue weighted by atomic mass is 10.1. The van der Waals surface area contributed by atoms with Gasteiger partial charge in [-0.15, -0.1) is 0 Å². The number of carbonyl (C=O) groups is 1.